The van der Waals surface area contributed by atoms with Crippen LogP contribution in [0.25, 0.3) is 0 Å². The molecule has 6 heteroatoms. The van der Waals surface area contributed by atoms with E-state index in [2.05, 4.69) is 0 Å². The number of carbonyl (C=O) groups excluding carboxylic acids is 1. The lowest BCUT2D eigenvalue weighted by atomic mass is 9.86. The molecule has 1 aromatic carbocycles. The van der Waals surface area contributed by atoms with E-state index in [9.17, 15) is 4.79 Å². The maximum absolute atomic E-state index is 11.9. The Bertz CT molecular complexity index is 559. The molecule has 0 aliphatic heterocycles. The van der Waals surface area contributed by atoms with Gasteiger partial charge in [-0.1, -0.05) is 64.9 Å². The van der Waals surface area contributed by atoms with Crippen LogP contribution in [-0.2, 0) is 10.2 Å². The first-order valence-electron chi connectivity index (χ1n) is 5.55. The summed E-state index contributed by atoms with van der Waals surface area (Å²) in [5, 5.41) is 0.898. The summed E-state index contributed by atoms with van der Waals surface area (Å²) in [7, 11) is 0. The van der Waals surface area contributed by atoms with Crippen molar-refractivity contribution in [3.63, 3.8) is 0 Å². The Morgan fingerprint density at radius 2 is 1.47 bits per heavy atom. The third kappa shape index (κ3) is 1.72. The molecule has 0 spiro atoms. The smallest absolute Gasteiger partial charge is 0.141 e. The van der Waals surface area contributed by atoms with Gasteiger partial charge in [0.15, 0.2) is 0 Å². The Kier molecular flexibility index (Phi) is 3.65. The molecule has 1 fully saturated rings. The number of hydrogen-bond donors (Lipinski definition) is 0. The first-order valence-corrected chi connectivity index (χ1v) is 7.44. The second-order valence-electron chi connectivity index (χ2n) is 5.13. The van der Waals surface area contributed by atoms with E-state index >= 15 is 0 Å². The fraction of sp³-hybridized carbons (Fsp3) is 0.462. The van der Waals surface area contributed by atoms with Gasteiger partial charge in [0, 0.05) is 5.41 Å². The van der Waals surface area contributed by atoms with Crippen LogP contribution < -0.4 is 0 Å². The molecule has 1 aromatic rings. The van der Waals surface area contributed by atoms with Crippen molar-refractivity contribution in [3.05, 3.63) is 32.8 Å². The summed E-state index contributed by atoms with van der Waals surface area (Å²) >= 11 is 30.7. The van der Waals surface area contributed by atoms with Crippen LogP contribution in [0.5, 0.6) is 0 Å². The molecule has 1 aliphatic rings. The number of ketones is 1. The minimum absolute atomic E-state index is 0.0813. The Labute approximate surface area is 137 Å². The summed E-state index contributed by atoms with van der Waals surface area (Å²) in [4.78, 5) is 11.9. The fourth-order valence-electron chi connectivity index (χ4n) is 2.69. The van der Waals surface area contributed by atoms with Gasteiger partial charge < -0.3 is 0 Å². The van der Waals surface area contributed by atoms with Gasteiger partial charge in [-0.15, -0.1) is 0 Å². The number of carbonyl (C=O) groups is 1. The van der Waals surface area contributed by atoms with Gasteiger partial charge in [-0.2, -0.15) is 0 Å². The first-order chi connectivity index (χ1) is 8.51. The number of hydrogen-bond acceptors (Lipinski definition) is 1. The SMILES string of the molecule is CC(=O)[C@]1(C)C(Cl)(Cl)[C@@]1(C)c1cc(Cl)c(Cl)c(Cl)c1. The van der Waals surface area contributed by atoms with Crippen molar-refractivity contribution in [1.29, 1.82) is 0 Å². The van der Waals surface area contributed by atoms with E-state index in [0.717, 1.165) is 0 Å². The standard InChI is InChI=1S/C13H11Cl5O/c1-6(19)11(2)12(3,13(11,17)18)7-4-8(14)10(16)9(15)5-7/h4-5H,1-3H3/t11-,12-/m0/s1. The zero-order valence-electron chi connectivity index (χ0n) is 10.5. The Morgan fingerprint density at radius 1 is 1.05 bits per heavy atom. The van der Waals surface area contributed by atoms with Crippen LogP contribution in [0.2, 0.25) is 15.1 Å². The number of benzene rings is 1. The van der Waals surface area contributed by atoms with Gasteiger partial charge in [0.2, 0.25) is 0 Å². The normalized spacial score (nSPS) is 32.2. The van der Waals surface area contributed by atoms with Crippen LogP contribution in [0.4, 0.5) is 0 Å². The van der Waals surface area contributed by atoms with Crippen molar-refractivity contribution in [3.8, 4) is 0 Å². The maximum atomic E-state index is 11.9. The van der Waals surface area contributed by atoms with Gasteiger partial charge in [0.05, 0.1) is 20.5 Å². The molecule has 0 unspecified atom stereocenters. The molecule has 104 valence electrons. The second-order valence-corrected chi connectivity index (χ2v) is 7.65. The molecule has 1 saturated carbocycles. The van der Waals surface area contributed by atoms with Gasteiger partial charge in [0.25, 0.3) is 0 Å². The number of rotatable bonds is 2. The molecule has 0 aromatic heterocycles. The van der Waals surface area contributed by atoms with E-state index in [1.54, 1.807) is 19.1 Å². The third-order valence-corrected chi connectivity index (χ3v) is 7.17. The average molecular weight is 360 g/mol. The summed E-state index contributed by atoms with van der Waals surface area (Å²) in [6.07, 6.45) is 0. The van der Waals surface area contributed by atoms with Gasteiger partial charge in [-0.05, 0) is 31.5 Å². The Hall–Kier alpha value is 0.340. The average Bonchev–Trinajstić information content (AvgIpc) is 2.67. The molecule has 0 heterocycles. The predicted molar refractivity (Wildman–Crippen MR) is 82.0 cm³/mol. The largest absolute Gasteiger partial charge is 0.299 e. The van der Waals surface area contributed by atoms with E-state index in [1.807, 2.05) is 6.92 Å². The van der Waals surface area contributed by atoms with E-state index in [4.69, 9.17) is 58.0 Å². The van der Waals surface area contributed by atoms with Crippen molar-refractivity contribution >= 4 is 63.8 Å². The molecule has 0 radical (unpaired) electrons. The van der Waals surface area contributed by atoms with Crippen LogP contribution in [-0.4, -0.2) is 10.1 Å². The van der Waals surface area contributed by atoms with Crippen molar-refractivity contribution in [1.82, 2.24) is 0 Å². The topological polar surface area (TPSA) is 17.1 Å². The van der Waals surface area contributed by atoms with Crippen LogP contribution in [0.1, 0.15) is 26.3 Å². The molecule has 1 nitrogen and oxygen atoms in total. The lowest BCUT2D eigenvalue weighted by molar-refractivity contribution is -0.122. The number of Topliss-reactive ketones (excluding diaryl/α,β-unsaturated/α-hetero) is 1. The summed E-state index contributed by atoms with van der Waals surface area (Å²) in [5.74, 6) is -0.0813. The van der Waals surface area contributed by atoms with Gasteiger partial charge in [-0.25, -0.2) is 0 Å². The van der Waals surface area contributed by atoms with Crippen molar-refractivity contribution in [2.75, 3.05) is 0 Å². The van der Waals surface area contributed by atoms with Crippen molar-refractivity contribution in [2.45, 2.75) is 30.5 Å². The van der Waals surface area contributed by atoms with Crippen LogP contribution >= 0.6 is 58.0 Å². The summed E-state index contributed by atoms with van der Waals surface area (Å²) in [5.41, 5.74) is -0.939. The van der Waals surface area contributed by atoms with Gasteiger partial charge >= 0.3 is 0 Å². The molecule has 2 atom stereocenters. The third-order valence-electron chi connectivity index (χ3n) is 4.46. The maximum Gasteiger partial charge on any atom is 0.141 e. The first kappa shape index (κ1) is 15.7. The Morgan fingerprint density at radius 3 is 1.79 bits per heavy atom. The molecule has 0 N–H and O–H groups in total. The molecule has 19 heavy (non-hydrogen) atoms. The zero-order chi connectivity index (χ0) is 14.8. The summed E-state index contributed by atoms with van der Waals surface area (Å²) < 4.78 is -1.20. The minimum atomic E-state index is -1.20. The van der Waals surface area contributed by atoms with E-state index in [1.165, 1.54) is 6.92 Å². The van der Waals surface area contributed by atoms with Gasteiger partial charge in [0.1, 0.15) is 10.1 Å². The van der Waals surface area contributed by atoms with E-state index < -0.39 is 15.2 Å². The molecule has 0 bridgehead atoms. The summed E-state index contributed by atoms with van der Waals surface area (Å²) in [6.45, 7) is 5.04. The minimum Gasteiger partial charge on any atom is -0.299 e. The molecule has 2 rings (SSSR count). The molecular weight excluding hydrogens is 349 g/mol. The quantitative estimate of drug-likeness (QED) is 0.489. The fourth-order valence-corrected chi connectivity index (χ4v) is 4.43. The zero-order valence-corrected chi connectivity index (χ0v) is 14.2. The monoisotopic (exact) mass is 358 g/mol. The van der Waals surface area contributed by atoms with Crippen LogP contribution in [0.3, 0.4) is 0 Å². The summed E-state index contributed by atoms with van der Waals surface area (Å²) in [6, 6.07) is 3.31. The number of halogens is 5. The highest BCUT2D eigenvalue weighted by molar-refractivity contribution is 6.55. The molecular formula is C13H11Cl5O. The lowest BCUT2D eigenvalue weighted by Crippen LogP contribution is -2.19. The van der Waals surface area contributed by atoms with Crippen LogP contribution in [0.15, 0.2) is 12.1 Å². The lowest BCUT2D eigenvalue weighted by Gasteiger charge is -2.17. The van der Waals surface area contributed by atoms with Crippen LogP contribution in [0, 0.1) is 5.41 Å². The van der Waals surface area contributed by atoms with Crippen molar-refractivity contribution < 1.29 is 4.79 Å². The second kappa shape index (κ2) is 4.42. The van der Waals surface area contributed by atoms with E-state index in [-0.39, 0.29) is 10.8 Å². The number of alkyl halides is 2. The van der Waals surface area contributed by atoms with Gasteiger partial charge in [-0.3, -0.25) is 4.79 Å². The highest BCUT2D eigenvalue weighted by Crippen LogP contribution is 2.78. The Balaban J connectivity index is 2.64. The van der Waals surface area contributed by atoms with E-state index in [0.29, 0.717) is 15.6 Å². The predicted octanol–water partition coefficient (Wildman–Crippen LogP) is 5.69. The molecule has 1 aliphatic carbocycles. The molecule has 0 amide bonds. The molecule has 0 saturated heterocycles. The van der Waals surface area contributed by atoms with Crippen molar-refractivity contribution in [2.24, 2.45) is 5.41 Å². The highest BCUT2D eigenvalue weighted by Gasteiger charge is 2.84. The highest BCUT2D eigenvalue weighted by atomic mass is 35.5.